The van der Waals surface area contributed by atoms with Crippen LogP contribution in [0.4, 0.5) is 0 Å². The van der Waals surface area contributed by atoms with Crippen LogP contribution in [0.15, 0.2) is 18.5 Å². The van der Waals surface area contributed by atoms with Crippen molar-refractivity contribution in [1.29, 1.82) is 0 Å². The van der Waals surface area contributed by atoms with Gasteiger partial charge in [-0.1, -0.05) is 13.0 Å². The molecule has 0 bridgehead atoms. The van der Waals surface area contributed by atoms with Crippen LogP contribution in [0.1, 0.15) is 24.2 Å². The quantitative estimate of drug-likeness (QED) is 0.536. The molecule has 10 heavy (non-hydrogen) atoms. The van der Waals surface area contributed by atoms with Gasteiger partial charge in [-0.2, -0.15) is 0 Å². The first kappa shape index (κ1) is 5.59. The predicted octanol–water partition coefficient (Wildman–Crippen LogP) is 1.61. The van der Waals surface area contributed by atoms with E-state index in [1.807, 2.05) is 6.08 Å². The van der Waals surface area contributed by atoms with Crippen LogP contribution >= 0.6 is 0 Å². The third-order valence-electron chi connectivity index (χ3n) is 1.73. The molecule has 1 aliphatic rings. The van der Waals surface area contributed by atoms with E-state index in [1.165, 1.54) is 0 Å². The maximum atomic E-state index is 4.22. The molecular formula is C8H8N2. The molecule has 1 aliphatic carbocycles. The van der Waals surface area contributed by atoms with Gasteiger partial charge < -0.3 is 0 Å². The van der Waals surface area contributed by atoms with Crippen molar-refractivity contribution in [2.75, 3.05) is 0 Å². The van der Waals surface area contributed by atoms with Crippen molar-refractivity contribution < 1.29 is 0 Å². The third kappa shape index (κ3) is 0.652. The first-order chi connectivity index (χ1) is 4.88. The van der Waals surface area contributed by atoms with E-state index in [9.17, 15) is 0 Å². The van der Waals surface area contributed by atoms with Crippen LogP contribution in [0.2, 0.25) is 0 Å². The smallest absolute Gasteiger partial charge is 0.0848 e. The maximum absolute atomic E-state index is 4.22. The van der Waals surface area contributed by atoms with E-state index in [4.69, 9.17) is 0 Å². The first-order valence-electron chi connectivity index (χ1n) is 3.37. The van der Waals surface area contributed by atoms with Gasteiger partial charge in [-0.05, 0) is 6.08 Å². The highest BCUT2D eigenvalue weighted by Gasteiger charge is 2.13. The molecule has 0 N–H and O–H groups in total. The van der Waals surface area contributed by atoms with E-state index < -0.39 is 0 Å². The third-order valence-corrected chi connectivity index (χ3v) is 1.73. The van der Waals surface area contributed by atoms with Crippen molar-refractivity contribution >= 4 is 6.08 Å². The number of hydrogen-bond donors (Lipinski definition) is 0. The average Bonchev–Trinajstić information content (AvgIpc) is 2.34. The van der Waals surface area contributed by atoms with E-state index >= 15 is 0 Å². The summed E-state index contributed by atoms with van der Waals surface area (Å²) in [6.45, 7) is 2.12. The molecule has 1 aromatic rings. The normalized spacial score (nSPS) is 21.1. The summed E-state index contributed by atoms with van der Waals surface area (Å²) >= 11 is 0. The zero-order chi connectivity index (χ0) is 6.97. The Balaban J connectivity index is 2.59. The lowest BCUT2D eigenvalue weighted by Gasteiger charge is -1.99. The second-order valence-corrected chi connectivity index (χ2v) is 2.47. The van der Waals surface area contributed by atoms with Crippen LogP contribution in [-0.2, 0) is 0 Å². The highest BCUT2D eigenvalue weighted by atomic mass is 14.8. The fraction of sp³-hybridized carbons (Fsp3) is 0.250. The largest absolute Gasteiger partial charge is 0.257 e. The van der Waals surface area contributed by atoms with Crippen LogP contribution in [0.25, 0.3) is 6.08 Å². The summed E-state index contributed by atoms with van der Waals surface area (Å²) in [6, 6.07) is 0. The molecule has 2 heteroatoms. The van der Waals surface area contributed by atoms with Gasteiger partial charge in [-0.15, -0.1) is 0 Å². The van der Waals surface area contributed by atoms with E-state index in [0.717, 1.165) is 11.4 Å². The van der Waals surface area contributed by atoms with Gasteiger partial charge in [0.25, 0.3) is 0 Å². The fourth-order valence-electron chi connectivity index (χ4n) is 1.17. The van der Waals surface area contributed by atoms with Crippen molar-refractivity contribution in [2.24, 2.45) is 0 Å². The number of fused-ring (bicyclic) bond motifs is 1. The second kappa shape index (κ2) is 1.90. The minimum atomic E-state index is 0.448. The number of allylic oxidation sites excluding steroid dienone is 1. The molecule has 0 aliphatic heterocycles. The van der Waals surface area contributed by atoms with Crippen molar-refractivity contribution in [2.45, 2.75) is 12.8 Å². The van der Waals surface area contributed by atoms with E-state index in [2.05, 4.69) is 23.0 Å². The van der Waals surface area contributed by atoms with Gasteiger partial charge in [-0.25, -0.2) is 0 Å². The Bertz CT molecular complexity index is 278. The molecule has 0 aromatic carbocycles. The molecule has 0 amide bonds. The Morgan fingerprint density at radius 2 is 2.10 bits per heavy atom. The summed E-state index contributed by atoms with van der Waals surface area (Å²) in [7, 11) is 0. The highest BCUT2D eigenvalue weighted by Crippen LogP contribution is 2.24. The second-order valence-electron chi connectivity index (χ2n) is 2.47. The Hall–Kier alpha value is -1.18. The van der Waals surface area contributed by atoms with E-state index in [0.29, 0.717) is 5.92 Å². The summed E-state index contributed by atoms with van der Waals surface area (Å²) in [5.74, 6) is 0.448. The first-order valence-corrected chi connectivity index (χ1v) is 3.37. The van der Waals surface area contributed by atoms with Crippen LogP contribution in [0, 0.1) is 0 Å². The van der Waals surface area contributed by atoms with Crippen LogP contribution in [0.3, 0.4) is 0 Å². The number of aromatic nitrogens is 2. The van der Waals surface area contributed by atoms with Crippen LogP contribution < -0.4 is 0 Å². The average molecular weight is 132 g/mol. The summed E-state index contributed by atoms with van der Waals surface area (Å²) < 4.78 is 0. The zero-order valence-electron chi connectivity index (χ0n) is 5.78. The maximum Gasteiger partial charge on any atom is 0.0848 e. The topological polar surface area (TPSA) is 25.8 Å². The van der Waals surface area contributed by atoms with E-state index in [1.54, 1.807) is 12.4 Å². The van der Waals surface area contributed by atoms with Gasteiger partial charge >= 0.3 is 0 Å². The van der Waals surface area contributed by atoms with Gasteiger partial charge in [0.1, 0.15) is 0 Å². The fourth-order valence-corrected chi connectivity index (χ4v) is 1.17. The van der Waals surface area contributed by atoms with Crippen LogP contribution in [0.5, 0.6) is 0 Å². The van der Waals surface area contributed by atoms with Gasteiger partial charge in [0, 0.05) is 18.3 Å². The number of rotatable bonds is 0. The van der Waals surface area contributed by atoms with Crippen molar-refractivity contribution in [3.8, 4) is 0 Å². The molecular weight excluding hydrogens is 124 g/mol. The predicted molar refractivity (Wildman–Crippen MR) is 39.5 cm³/mol. The summed E-state index contributed by atoms with van der Waals surface area (Å²) in [6.07, 6.45) is 7.60. The molecule has 2 rings (SSSR count). The number of nitrogens with zero attached hydrogens (tertiary/aromatic N) is 2. The molecule has 0 radical (unpaired) electrons. The van der Waals surface area contributed by atoms with Crippen molar-refractivity contribution in [1.82, 2.24) is 9.97 Å². The van der Waals surface area contributed by atoms with Gasteiger partial charge in [0.05, 0.1) is 11.4 Å². The Labute approximate surface area is 59.6 Å². The molecule has 2 nitrogen and oxygen atoms in total. The van der Waals surface area contributed by atoms with E-state index in [-0.39, 0.29) is 0 Å². The zero-order valence-corrected chi connectivity index (χ0v) is 5.78. The molecule has 1 aromatic heterocycles. The molecule has 1 atom stereocenters. The molecule has 1 heterocycles. The molecule has 0 fully saturated rings. The minimum Gasteiger partial charge on any atom is -0.257 e. The molecule has 0 saturated carbocycles. The lowest BCUT2D eigenvalue weighted by molar-refractivity contribution is 0.909. The van der Waals surface area contributed by atoms with Gasteiger partial charge in [-0.3, -0.25) is 9.97 Å². The Morgan fingerprint density at radius 1 is 1.30 bits per heavy atom. The van der Waals surface area contributed by atoms with Crippen LogP contribution in [-0.4, -0.2) is 9.97 Å². The SMILES string of the molecule is CC1C=Cc2nccnc21. The molecule has 50 valence electrons. The molecule has 0 spiro atoms. The molecule has 0 saturated heterocycles. The lowest BCUT2D eigenvalue weighted by atomic mass is 10.1. The number of hydrogen-bond acceptors (Lipinski definition) is 2. The highest BCUT2D eigenvalue weighted by molar-refractivity contribution is 5.55. The summed E-state index contributed by atoms with van der Waals surface area (Å²) in [5.41, 5.74) is 2.12. The Morgan fingerprint density at radius 3 is 2.90 bits per heavy atom. The standard InChI is InChI=1S/C8H8N2/c1-6-2-3-7-8(6)10-5-4-9-7/h2-6H,1H3. The Kier molecular flexibility index (Phi) is 1.07. The van der Waals surface area contributed by atoms with Crippen molar-refractivity contribution in [3.05, 3.63) is 29.9 Å². The lowest BCUT2D eigenvalue weighted by Crippen LogP contribution is -1.92. The monoisotopic (exact) mass is 132 g/mol. The van der Waals surface area contributed by atoms with Gasteiger partial charge in [0.15, 0.2) is 0 Å². The summed E-state index contributed by atoms with van der Waals surface area (Å²) in [4.78, 5) is 8.38. The van der Waals surface area contributed by atoms with Crippen molar-refractivity contribution in [3.63, 3.8) is 0 Å². The van der Waals surface area contributed by atoms with Gasteiger partial charge in [0.2, 0.25) is 0 Å². The molecule has 1 unspecified atom stereocenters. The summed E-state index contributed by atoms with van der Waals surface area (Å²) in [5, 5.41) is 0. The minimum absolute atomic E-state index is 0.448.